The minimum absolute atomic E-state index is 0.0917. The van der Waals surface area contributed by atoms with Crippen LogP contribution >= 0.6 is 0 Å². The maximum absolute atomic E-state index is 5.35. The van der Waals surface area contributed by atoms with E-state index in [4.69, 9.17) is 4.98 Å². The normalized spacial score (nSPS) is 14.2. The van der Waals surface area contributed by atoms with E-state index < -0.39 is 0 Å². The van der Waals surface area contributed by atoms with E-state index in [1.807, 2.05) is 0 Å². The van der Waals surface area contributed by atoms with Gasteiger partial charge in [0.1, 0.15) is 5.82 Å². The Morgan fingerprint density at radius 1 is 0.559 bits per heavy atom. The molecule has 2 aliphatic heterocycles. The van der Waals surface area contributed by atoms with Gasteiger partial charge in [-0.2, -0.15) is 0 Å². The number of fused-ring (bicyclic) bond motifs is 12. The van der Waals surface area contributed by atoms with Crippen molar-refractivity contribution in [3.63, 3.8) is 0 Å². The lowest BCUT2D eigenvalue weighted by atomic mass is 9.43. The third-order valence-corrected chi connectivity index (χ3v) is 13.8. The highest BCUT2D eigenvalue weighted by Gasteiger charge is 2.45. The van der Waals surface area contributed by atoms with Crippen LogP contribution in [0.25, 0.3) is 83.3 Å². The summed E-state index contributed by atoms with van der Waals surface area (Å²) < 4.78 is 4.85. The molecule has 0 saturated carbocycles. The van der Waals surface area contributed by atoms with Gasteiger partial charge < -0.3 is 13.9 Å². The second kappa shape index (κ2) is 11.5. The molecule has 59 heavy (non-hydrogen) atoms. The summed E-state index contributed by atoms with van der Waals surface area (Å²) in [6.07, 6.45) is 0. The average Bonchev–Trinajstić information content (AvgIpc) is 3.87. The molecule has 0 bridgehead atoms. The van der Waals surface area contributed by atoms with E-state index in [9.17, 15) is 0 Å². The molecule has 0 spiro atoms. The van der Waals surface area contributed by atoms with Crippen molar-refractivity contribution >= 4 is 62.0 Å². The largest absolute Gasteiger partial charge is 0.376 e. The molecule has 2 aromatic heterocycles. The maximum atomic E-state index is 5.35. The maximum Gasteiger partial charge on any atom is 0.333 e. The first-order valence-electron chi connectivity index (χ1n) is 20.7. The highest BCUT2D eigenvalue weighted by Crippen LogP contribution is 2.52. The van der Waals surface area contributed by atoms with Crippen molar-refractivity contribution < 1.29 is 0 Å². The first kappa shape index (κ1) is 32.9. The van der Waals surface area contributed by atoms with E-state index in [0.29, 0.717) is 0 Å². The van der Waals surface area contributed by atoms with Crippen LogP contribution in [0.1, 0.15) is 30.5 Å². The van der Waals surface area contributed by atoms with Gasteiger partial charge in [0, 0.05) is 51.4 Å². The van der Waals surface area contributed by atoms with Gasteiger partial charge in [-0.1, -0.05) is 135 Å². The van der Waals surface area contributed by atoms with Crippen molar-refractivity contribution in [2.24, 2.45) is 7.05 Å². The Labute approximate surface area is 343 Å². The number of anilines is 2. The molecule has 0 amide bonds. The number of para-hydroxylation sites is 2. The molecule has 0 unspecified atom stereocenters. The molecule has 4 nitrogen and oxygen atoms in total. The van der Waals surface area contributed by atoms with Crippen LogP contribution < -0.4 is 15.7 Å². The van der Waals surface area contributed by atoms with Gasteiger partial charge >= 0.3 is 6.85 Å². The van der Waals surface area contributed by atoms with E-state index >= 15 is 0 Å². The van der Waals surface area contributed by atoms with Crippen molar-refractivity contribution in [2.45, 2.75) is 26.2 Å². The summed E-state index contributed by atoms with van der Waals surface area (Å²) in [5, 5.41) is 2.58. The van der Waals surface area contributed by atoms with Crippen LogP contribution in [0.5, 0.6) is 0 Å². The van der Waals surface area contributed by atoms with Crippen LogP contribution in [-0.2, 0) is 12.5 Å². The number of aryl methyl sites for hydroxylation is 2. The van der Waals surface area contributed by atoms with Crippen LogP contribution in [0, 0.1) is 6.92 Å². The standard InChI is InChI=1S/C54H39BN4/c1-32-22-25-35(26-23-32)59-47-21-13-9-17-38(47)41-29-40(34-24-27-37-36-16-8-11-19-42(36)54(2,3)43(37)28-34)50-39-18-10-12-20-46(39)58-48-31-49-45(30-44(48)55(59)51(41)52(50)58)56-53(57(49)4)33-14-6-5-7-15-33/h5-31H,1-4H3. The lowest BCUT2D eigenvalue weighted by Crippen LogP contribution is -2.60. The number of hydrogen-bond donors (Lipinski definition) is 0. The highest BCUT2D eigenvalue weighted by atomic mass is 15.1. The van der Waals surface area contributed by atoms with E-state index in [1.165, 1.54) is 99.9 Å². The number of aromatic nitrogens is 3. The van der Waals surface area contributed by atoms with Crippen molar-refractivity contribution in [2.75, 3.05) is 4.81 Å². The quantitative estimate of drug-likeness (QED) is 0.168. The second-order valence-corrected chi connectivity index (χ2v) is 17.3. The Morgan fingerprint density at radius 3 is 2.14 bits per heavy atom. The van der Waals surface area contributed by atoms with Crippen LogP contribution in [0.4, 0.5) is 11.4 Å². The fourth-order valence-corrected chi connectivity index (χ4v) is 11.0. The fraction of sp³-hybridized carbons (Fsp3) is 0.0926. The van der Waals surface area contributed by atoms with Crippen molar-refractivity contribution in [3.8, 4) is 50.5 Å². The Bertz CT molecular complexity index is 3440. The molecule has 1 aliphatic carbocycles. The van der Waals surface area contributed by atoms with Gasteiger partial charge in [0.05, 0.1) is 22.1 Å². The molecule has 10 aromatic rings. The first-order chi connectivity index (χ1) is 28.9. The molecule has 5 heteroatoms. The molecule has 278 valence electrons. The third-order valence-electron chi connectivity index (χ3n) is 13.8. The minimum atomic E-state index is -0.104. The second-order valence-electron chi connectivity index (χ2n) is 17.3. The van der Waals surface area contributed by atoms with Gasteiger partial charge in [-0.05, 0) is 105 Å². The van der Waals surface area contributed by atoms with Crippen LogP contribution in [0.15, 0.2) is 164 Å². The predicted octanol–water partition coefficient (Wildman–Crippen LogP) is 11.9. The summed E-state index contributed by atoms with van der Waals surface area (Å²) in [6.45, 7) is 6.84. The van der Waals surface area contributed by atoms with Crippen molar-refractivity contribution in [1.82, 2.24) is 14.1 Å². The van der Waals surface area contributed by atoms with Crippen LogP contribution in [-0.4, -0.2) is 21.0 Å². The van der Waals surface area contributed by atoms with Gasteiger partial charge in [0.25, 0.3) is 0 Å². The molecular weight excluding hydrogens is 715 g/mol. The number of nitrogens with zero attached hydrogens (tertiary/aromatic N) is 4. The van der Waals surface area contributed by atoms with Gasteiger partial charge in [-0.3, -0.25) is 0 Å². The molecule has 0 radical (unpaired) electrons. The number of hydrogen-bond acceptors (Lipinski definition) is 2. The minimum Gasteiger partial charge on any atom is -0.376 e. The Balaban J connectivity index is 1.18. The molecule has 3 aliphatic rings. The lowest BCUT2D eigenvalue weighted by molar-refractivity contribution is 0.660. The molecule has 8 aromatic carbocycles. The summed E-state index contributed by atoms with van der Waals surface area (Å²) in [5.74, 6) is 0.969. The summed E-state index contributed by atoms with van der Waals surface area (Å²) in [4.78, 5) is 7.95. The molecule has 0 fully saturated rings. The van der Waals surface area contributed by atoms with Gasteiger partial charge in [0.15, 0.2) is 0 Å². The van der Waals surface area contributed by atoms with Gasteiger partial charge in [0.2, 0.25) is 0 Å². The van der Waals surface area contributed by atoms with Gasteiger partial charge in [-0.15, -0.1) is 0 Å². The SMILES string of the molecule is Cc1ccc(N2B3c4cc5nc(-c6ccccc6)n(C)c5cc4-n4c5ccccc5c5c(-c6ccc7c(c6)C(C)(C)c6ccccc6-7)cc(c3c54)-c3ccccc32)cc1. The smallest absolute Gasteiger partial charge is 0.333 e. The first-order valence-corrected chi connectivity index (χ1v) is 20.7. The number of imidazole rings is 1. The Kier molecular flexibility index (Phi) is 6.43. The molecular formula is C54H39BN4. The zero-order valence-electron chi connectivity index (χ0n) is 33.5. The number of benzene rings is 8. The number of rotatable bonds is 3. The summed E-state index contributed by atoms with van der Waals surface area (Å²) in [7, 11) is 2.16. The Morgan fingerprint density at radius 2 is 1.29 bits per heavy atom. The van der Waals surface area contributed by atoms with E-state index in [-0.39, 0.29) is 12.3 Å². The third kappa shape index (κ3) is 4.27. The van der Waals surface area contributed by atoms with E-state index in [1.54, 1.807) is 0 Å². The van der Waals surface area contributed by atoms with Crippen molar-refractivity contribution in [1.29, 1.82) is 0 Å². The predicted molar refractivity (Wildman–Crippen MR) is 247 cm³/mol. The molecule has 0 saturated heterocycles. The van der Waals surface area contributed by atoms with E-state index in [0.717, 1.165) is 22.4 Å². The van der Waals surface area contributed by atoms with Crippen LogP contribution in [0.3, 0.4) is 0 Å². The topological polar surface area (TPSA) is 26.0 Å². The summed E-state index contributed by atoms with van der Waals surface area (Å²) in [5.41, 5.74) is 23.6. The monoisotopic (exact) mass is 754 g/mol. The van der Waals surface area contributed by atoms with Crippen LogP contribution in [0.2, 0.25) is 0 Å². The highest BCUT2D eigenvalue weighted by molar-refractivity contribution is 6.94. The van der Waals surface area contributed by atoms with Gasteiger partial charge in [-0.25, -0.2) is 4.98 Å². The average molecular weight is 755 g/mol. The molecule has 13 rings (SSSR count). The molecule has 0 atom stereocenters. The fourth-order valence-electron chi connectivity index (χ4n) is 11.0. The molecule has 0 N–H and O–H groups in total. The molecule has 4 heterocycles. The van der Waals surface area contributed by atoms with Crippen molar-refractivity contribution in [3.05, 3.63) is 180 Å². The zero-order chi connectivity index (χ0) is 39.3. The van der Waals surface area contributed by atoms with E-state index in [2.05, 4.69) is 206 Å². The zero-order valence-corrected chi connectivity index (χ0v) is 33.5. The lowest BCUT2D eigenvalue weighted by Gasteiger charge is -2.42. The summed E-state index contributed by atoms with van der Waals surface area (Å²) in [6, 6.07) is 61.3. The summed E-state index contributed by atoms with van der Waals surface area (Å²) >= 11 is 0. The Hall–Kier alpha value is -7.11.